The maximum atomic E-state index is 11.7. The molecule has 0 bridgehead atoms. The van der Waals surface area contributed by atoms with E-state index in [0.29, 0.717) is 18.6 Å². The molecular formula is C21H23NO3. The van der Waals surface area contributed by atoms with E-state index in [0.717, 1.165) is 29.8 Å². The molecule has 0 unspecified atom stereocenters. The maximum absolute atomic E-state index is 11.7. The Kier molecular flexibility index (Phi) is 5.19. The van der Waals surface area contributed by atoms with Gasteiger partial charge in [0.25, 0.3) is 0 Å². The van der Waals surface area contributed by atoms with Crippen LogP contribution in [0, 0.1) is 0 Å². The molecule has 0 spiro atoms. The molecule has 1 aliphatic heterocycles. The first-order valence-corrected chi connectivity index (χ1v) is 8.45. The molecule has 0 saturated heterocycles. The van der Waals surface area contributed by atoms with Gasteiger partial charge in [-0.1, -0.05) is 36.4 Å². The Balaban J connectivity index is 1.92. The van der Waals surface area contributed by atoms with Crippen molar-refractivity contribution in [1.82, 2.24) is 4.90 Å². The van der Waals surface area contributed by atoms with Gasteiger partial charge in [0.05, 0.1) is 5.57 Å². The lowest BCUT2D eigenvalue weighted by Gasteiger charge is -2.11. The average Bonchev–Trinajstić information content (AvgIpc) is 2.76. The van der Waals surface area contributed by atoms with Gasteiger partial charge in [0, 0.05) is 13.0 Å². The molecule has 130 valence electrons. The predicted molar refractivity (Wildman–Crippen MR) is 98.8 cm³/mol. The van der Waals surface area contributed by atoms with E-state index in [1.165, 1.54) is 11.1 Å². The topological polar surface area (TPSA) is 49.8 Å². The molecule has 0 aromatic heterocycles. The molecule has 0 radical (unpaired) electrons. The SMILES string of the molecule is CN(C)CCC=C(C(=O)O)c1ccc2c(c1)Cc1ccccc1CO2. The number of carboxylic acid groups (broad SMARTS) is 1. The van der Waals surface area contributed by atoms with E-state index in [4.69, 9.17) is 4.74 Å². The van der Waals surface area contributed by atoms with Crippen LogP contribution >= 0.6 is 0 Å². The van der Waals surface area contributed by atoms with Gasteiger partial charge in [0.1, 0.15) is 12.4 Å². The van der Waals surface area contributed by atoms with Crippen molar-refractivity contribution in [2.75, 3.05) is 20.6 Å². The fourth-order valence-corrected chi connectivity index (χ4v) is 3.05. The van der Waals surface area contributed by atoms with Crippen molar-refractivity contribution in [2.45, 2.75) is 19.4 Å². The molecule has 0 aliphatic carbocycles. The highest BCUT2D eigenvalue weighted by Crippen LogP contribution is 2.31. The first kappa shape index (κ1) is 17.2. The summed E-state index contributed by atoms with van der Waals surface area (Å²) in [5.41, 5.74) is 4.52. The molecule has 4 heteroatoms. The first-order chi connectivity index (χ1) is 12.0. The van der Waals surface area contributed by atoms with E-state index in [1.807, 2.05) is 49.3 Å². The molecule has 1 heterocycles. The van der Waals surface area contributed by atoms with Crippen LogP contribution in [0.15, 0.2) is 48.5 Å². The molecule has 2 aromatic carbocycles. The number of ether oxygens (including phenoxy) is 1. The summed E-state index contributed by atoms with van der Waals surface area (Å²) in [6.07, 6.45) is 3.25. The Hall–Kier alpha value is -2.59. The average molecular weight is 337 g/mol. The van der Waals surface area contributed by atoms with E-state index >= 15 is 0 Å². The van der Waals surface area contributed by atoms with Gasteiger partial charge in [0.2, 0.25) is 0 Å². The number of fused-ring (bicyclic) bond motifs is 2. The number of carboxylic acids is 1. The number of nitrogens with zero attached hydrogens (tertiary/aromatic N) is 1. The maximum Gasteiger partial charge on any atom is 0.335 e. The monoisotopic (exact) mass is 337 g/mol. The highest BCUT2D eigenvalue weighted by molar-refractivity contribution is 6.15. The molecule has 0 saturated carbocycles. The first-order valence-electron chi connectivity index (χ1n) is 8.45. The summed E-state index contributed by atoms with van der Waals surface area (Å²) >= 11 is 0. The molecule has 1 aliphatic rings. The number of hydrogen-bond acceptors (Lipinski definition) is 3. The smallest absolute Gasteiger partial charge is 0.335 e. The van der Waals surface area contributed by atoms with E-state index in [9.17, 15) is 9.90 Å². The third kappa shape index (κ3) is 4.09. The van der Waals surface area contributed by atoms with Gasteiger partial charge in [-0.3, -0.25) is 0 Å². The number of hydrogen-bond donors (Lipinski definition) is 1. The van der Waals surface area contributed by atoms with Crippen molar-refractivity contribution in [3.8, 4) is 5.75 Å². The molecule has 3 rings (SSSR count). The number of rotatable bonds is 5. The third-order valence-electron chi connectivity index (χ3n) is 4.41. The summed E-state index contributed by atoms with van der Waals surface area (Å²) in [7, 11) is 3.96. The van der Waals surface area contributed by atoms with Crippen LogP contribution in [0.5, 0.6) is 5.75 Å². The summed E-state index contributed by atoms with van der Waals surface area (Å²) in [6.45, 7) is 1.37. The second kappa shape index (κ2) is 7.53. The van der Waals surface area contributed by atoms with Crippen molar-refractivity contribution >= 4 is 11.5 Å². The van der Waals surface area contributed by atoms with Crippen LogP contribution in [0.4, 0.5) is 0 Å². The molecule has 0 amide bonds. The Morgan fingerprint density at radius 3 is 2.64 bits per heavy atom. The normalized spacial score (nSPS) is 13.6. The minimum Gasteiger partial charge on any atom is -0.489 e. The van der Waals surface area contributed by atoms with Crippen molar-refractivity contribution in [3.63, 3.8) is 0 Å². The quantitative estimate of drug-likeness (QED) is 0.847. The zero-order valence-corrected chi connectivity index (χ0v) is 14.7. The van der Waals surface area contributed by atoms with Gasteiger partial charge in [-0.15, -0.1) is 0 Å². The minimum absolute atomic E-state index is 0.349. The number of benzene rings is 2. The van der Waals surface area contributed by atoms with E-state index in [2.05, 4.69) is 12.1 Å². The van der Waals surface area contributed by atoms with Crippen molar-refractivity contribution in [1.29, 1.82) is 0 Å². The van der Waals surface area contributed by atoms with Gasteiger partial charge >= 0.3 is 5.97 Å². The minimum atomic E-state index is -0.895. The lowest BCUT2D eigenvalue weighted by molar-refractivity contribution is -0.130. The van der Waals surface area contributed by atoms with Gasteiger partial charge in [0.15, 0.2) is 0 Å². The second-order valence-corrected chi connectivity index (χ2v) is 6.57. The summed E-state index contributed by atoms with van der Waals surface area (Å²) in [6, 6.07) is 13.9. The lowest BCUT2D eigenvalue weighted by Crippen LogP contribution is -2.12. The molecule has 4 nitrogen and oxygen atoms in total. The largest absolute Gasteiger partial charge is 0.489 e. The van der Waals surface area contributed by atoms with Crippen LogP contribution in [-0.2, 0) is 17.8 Å². The standard InChI is InChI=1S/C21H23NO3/c1-22(2)11-5-8-19(21(23)24)16-9-10-20-18(13-16)12-15-6-3-4-7-17(15)14-25-20/h3-4,6-10,13H,5,11-12,14H2,1-2H3,(H,23,24). The molecule has 25 heavy (non-hydrogen) atoms. The summed E-state index contributed by atoms with van der Waals surface area (Å²) in [5.74, 6) is -0.0633. The zero-order chi connectivity index (χ0) is 17.8. The van der Waals surface area contributed by atoms with Gasteiger partial charge < -0.3 is 14.7 Å². The Labute approximate surface area is 148 Å². The van der Waals surface area contributed by atoms with Gasteiger partial charge in [-0.2, -0.15) is 0 Å². The van der Waals surface area contributed by atoms with Crippen LogP contribution in [-0.4, -0.2) is 36.6 Å². The summed E-state index contributed by atoms with van der Waals surface area (Å²) < 4.78 is 5.91. The summed E-state index contributed by atoms with van der Waals surface area (Å²) in [5, 5.41) is 9.60. The van der Waals surface area contributed by atoms with Gasteiger partial charge in [-0.25, -0.2) is 4.79 Å². The molecule has 2 aromatic rings. The summed E-state index contributed by atoms with van der Waals surface area (Å²) in [4.78, 5) is 13.7. The fraction of sp³-hybridized carbons (Fsp3) is 0.286. The second-order valence-electron chi connectivity index (χ2n) is 6.57. The van der Waals surface area contributed by atoms with Crippen molar-refractivity contribution in [2.24, 2.45) is 0 Å². The lowest BCUT2D eigenvalue weighted by atomic mass is 9.96. The van der Waals surface area contributed by atoms with Crippen LogP contribution in [0.3, 0.4) is 0 Å². The fourth-order valence-electron chi connectivity index (χ4n) is 3.05. The Morgan fingerprint density at radius 2 is 1.92 bits per heavy atom. The Morgan fingerprint density at radius 1 is 1.16 bits per heavy atom. The van der Waals surface area contributed by atoms with E-state index in [-0.39, 0.29) is 0 Å². The highest BCUT2D eigenvalue weighted by atomic mass is 16.5. The van der Waals surface area contributed by atoms with Crippen LogP contribution in [0.1, 0.15) is 28.7 Å². The van der Waals surface area contributed by atoms with Crippen LogP contribution in [0.25, 0.3) is 5.57 Å². The number of carbonyl (C=O) groups is 1. The molecular weight excluding hydrogens is 314 g/mol. The van der Waals surface area contributed by atoms with Gasteiger partial charge in [-0.05, 0) is 54.9 Å². The molecule has 0 fully saturated rings. The predicted octanol–water partition coefficient (Wildman–Crippen LogP) is 3.59. The van der Waals surface area contributed by atoms with Crippen molar-refractivity contribution in [3.05, 3.63) is 70.8 Å². The third-order valence-corrected chi connectivity index (χ3v) is 4.41. The van der Waals surface area contributed by atoms with Crippen LogP contribution < -0.4 is 4.74 Å². The number of aliphatic carboxylic acids is 1. The molecule has 0 atom stereocenters. The van der Waals surface area contributed by atoms with E-state index in [1.54, 1.807) is 6.08 Å². The molecule has 1 N–H and O–H groups in total. The highest BCUT2D eigenvalue weighted by Gasteiger charge is 2.17. The zero-order valence-electron chi connectivity index (χ0n) is 14.7. The Bertz CT molecular complexity index is 809. The van der Waals surface area contributed by atoms with Crippen LogP contribution in [0.2, 0.25) is 0 Å². The van der Waals surface area contributed by atoms with E-state index < -0.39 is 5.97 Å². The van der Waals surface area contributed by atoms with Crippen molar-refractivity contribution < 1.29 is 14.6 Å².